The van der Waals surface area contributed by atoms with Crippen LogP contribution in [0, 0.1) is 0 Å². The van der Waals surface area contributed by atoms with E-state index in [-0.39, 0.29) is 0 Å². The smallest absolute Gasteiger partial charge is 0.143 e. The molecule has 0 atom stereocenters. The molecular weight excluding hydrogens is 671 g/mol. The monoisotopic (exact) mass is 703 g/mol. The molecule has 0 N–H and O–H groups in total. The summed E-state index contributed by atoms with van der Waals surface area (Å²) in [4.78, 5) is 2.35. The molecule has 9 aromatic carbocycles. The first-order chi connectivity index (χ1) is 27.2. The molecular formula is C52H33NO2. The van der Waals surface area contributed by atoms with Crippen LogP contribution in [0.4, 0.5) is 17.1 Å². The quantitative estimate of drug-likeness (QED) is 0.173. The Morgan fingerprint density at radius 2 is 0.927 bits per heavy atom. The Kier molecular flexibility index (Phi) is 7.17. The minimum Gasteiger partial charge on any atom is -0.456 e. The zero-order chi connectivity index (χ0) is 36.3. The van der Waals surface area contributed by atoms with E-state index in [0.29, 0.717) is 0 Å². The second-order valence-electron chi connectivity index (χ2n) is 14.1. The summed E-state index contributed by atoms with van der Waals surface area (Å²) < 4.78 is 12.7. The summed E-state index contributed by atoms with van der Waals surface area (Å²) in [7, 11) is 0. The predicted octanol–water partition coefficient (Wildman–Crippen LogP) is 15.1. The molecule has 0 saturated heterocycles. The van der Waals surface area contributed by atoms with Crippen molar-refractivity contribution in [2.75, 3.05) is 4.90 Å². The first-order valence-corrected chi connectivity index (χ1v) is 18.7. The molecule has 0 bridgehead atoms. The van der Waals surface area contributed by atoms with Gasteiger partial charge in [-0.15, -0.1) is 0 Å². The maximum atomic E-state index is 6.57. The Morgan fingerprint density at radius 1 is 0.309 bits per heavy atom. The van der Waals surface area contributed by atoms with Crippen molar-refractivity contribution < 1.29 is 8.83 Å². The highest BCUT2D eigenvalue weighted by molar-refractivity contribution is 6.19. The number of nitrogens with zero attached hydrogens (tertiary/aromatic N) is 1. The fraction of sp³-hybridized carbons (Fsp3) is 0. The van der Waals surface area contributed by atoms with Crippen LogP contribution in [0.1, 0.15) is 0 Å². The van der Waals surface area contributed by atoms with Gasteiger partial charge < -0.3 is 13.7 Å². The molecule has 0 aliphatic carbocycles. The van der Waals surface area contributed by atoms with Crippen LogP contribution < -0.4 is 4.90 Å². The van der Waals surface area contributed by atoms with Crippen molar-refractivity contribution in [2.45, 2.75) is 0 Å². The second kappa shape index (κ2) is 12.6. The number of rotatable bonds is 6. The molecule has 2 heterocycles. The first-order valence-electron chi connectivity index (χ1n) is 18.7. The molecule has 3 nitrogen and oxygen atoms in total. The van der Waals surface area contributed by atoms with Crippen molar-refractivity contribution in [3.63, 3.8) is 0 Å². The summed E-state index contributed by atoms with van der Waals surface area (Å²) in [6.07, 6.45) is 0. The van der Waals surface area contributed by atoms with Crippen molar-refractivity contribution in [1.82, 2.24) is 0 Å². The van der Waals surface area contributed by atoms with Gasteiger partial charge in [0.15, 0.2) is 0 Å². The van der Waals surface area contributed by atoms with E-state index in [4.69, 9.17) is 8.83 Å². The van der Waals surface area contributed by atoms with Gasteiger partial charge in [-0.05, 0) is 105 Å². The minimum atomic E-state index is 0.888. The van der Waals surface area contributed by atoms with Gasteiger partial charge in [0, 0.05) is 44.0 Å². The Morgan fingerprint density at radius 3 is 1.78 bits per heavy atom. The van der Waals surface area contributed by atoms with E-state index >= 15 is 0 Å². The maximum absolute atomic E-state index is 6.57. The summed E-state index contributed by atoms with van der Waals surface area (Å²) in [5.41, 5.74) is 13.8. The molecule has 0 aliphatic rings. The lowest BCUT2D eigenvalue weighted by atomic mass is 9.97. The largest absolute Gasteiger partial charge is 0.456 e. The molecule has 0 saturated carbocycles. The van der Waals surface area contributed by atoms with Gasteiger partial charge in [-0.3, -0.25) is 0 Å². The summed E-state index contributed by atoms with van der Waals surface area (Å²) >= 11 is 0. The van der Waals surface area contributed by atoms with Crippen LogP contribution in [-0.4, -0.2) is 0 Å². The fourth-order valence-corrected chi connectivity index (χ4v) is 8.22. The average molecular weight is 704 g/mol. The van der Waals surface area contributed by atoms with E-state index < -0.39 is 0 Å². The van der Waals surface area contributed by atoms with Gasteiger partial charge in [-0.25, -0.2) is 0 Å². The number of furan rings is 2. The lowest BCUT2D eigenvalue weighted by Gasteiger charge is -2.27. The standard InChI is InChI=1S/C52H33NO2/c1-2-11-34(12-3-1)37-14-8-16-41(31-37)53(40-27-23-35(24-28-40)38-26-30-49-47(33-38)45-19-6-7-21-48(45)54-49)42-17-9-15-39(32-42)43-20-10-22-50-51(43)46-29-25-36-13-4-5-18-44(36)52(46)55-50/h1-33H. The molecule has 0 amide bonds. The van der Waals surface area contributed by atoms with Crippen molar-refractivity contribution in [1.29, 1.82) is 0 Å². The minimum absolute atomic E-state index is 0.888. The third-order valence-corrected chi connectivity index (χ3v) is 10.8. The zero-order valence-corrected chi connectivity index (χ0v) is 29.8. The maximum Gasteiger partial charge on any atom is 0.143 e. The Bertz CT molecular complexity index is 3210. The van der Waals surface area contributed by atoms with Crippen molar-refractivity contribution in [2.24, 2.45) is 0 Å². The number of hydrogen-bond donors (Lipinski definition) is 0. The molecule has 0 unspecified atom stereocenters. The van der Waals surface area contributed by atoms with Crippen molar-refractivity contribution in [3.8, 4) is 33.4 Å². The van der Waals surface area contributed by atoms with E-state index in [1.165, 1.54) is 16.5 Å². The summed E-state index contributed by atoms with van der Waals surface area (Å²) in [6, 6.07) is 71.1. The molecule has 258 valence electrons. The molecule has 55 heavy (non-hydrogen) atoms. The number of para-hydroxylation sites is 1. The van der Waals surface area contributed by atoms with Gasteiger partial charge in [0.2, 0.25) is 0 Å². The van der Waals surface area contributed by atoms with Crippen molar-refractivity contribution in [3.05, 3.63) is 200 Å². The van der Waals surface area contributed by atoms with Crippen LogP contribution >= 0.6 is 0 Å². The van der Waals surface area contributed by atoms with Crippen LogP contribution in [0.5, 0.6) is 0 Å². The van der Waals surface area contributed by atoms with Crippen molar-refractivity contribution >= 4 is 71.7 Å². The lowest BCUT2D eigenvalue weighted by molar-refractivity contribution is 0.669. The molecule has 2 aromatic heterocycles. The Balaban J connectivity index is 1.05. The van der Waals surface area contributed by atoms with Gasteiger partial charge in [0.1, 0.15) is 22.3 Å². The van der Waals surface area contributed by atoms with Crippen LogP contribution in [0.25, 0.3) is 88.0 Å². The van der Waals surface area contributed by atoms with Crippen LogP contribution in [0.15, 0.2) is 209 Å². The Labute approximate surface area is 317 Å². The molecule has 11 aromatic rings. The number of benzene rings is 9. The Hall–Kier alpha value is -7.36. The fourth-order valence-electron chi connectivity index (χ4n) is 8.22. The third kappa shape index (κ3) is 5.28. The van der Waals surface area contributed by atoms with Gasteiger partial charge in [0.05, 0.1) is 0 Å². The molecule has 11 rings (SSSR count). The van der Waals surface area contributed by atoms with Crippen LogP contribution in [0.2, 0.25) is 0 Å². The van der Waals surface area contributed by atoms with Crippen LogP contribution in [0.3, 0.4) is 0 Å². The first kappa shape index (κ1) is 31.2. The highest BCUT2D eigenvalue weighted by Crippen LogP contribution is 2.43. The number of hydrogen-bond acceptors (Lipinski definition) is 3. The zero-order valence-electron chi connectivity index (χ0n) is 29.8. The third-order valence-electron chi connectivity index (χ3n) is 10.8. The van der Waals surface area contributed by atoms with E-state index in [2.05, 4.69) is 193 Å². The van der Waals surface area contributed by atoms with Crippen LogP contribution in [-0.2, 0) is 0 Å². The topological polar surface area (TPSA) is 29.5 Å². The molecule has 0 spiro atoms. The van der Waals surface area contributed by atoms with E-state index in [1.807, 2.05) is 12.1 Å². The van der Waals surface area contributed by atoms with E-state index in [0.717, 1.165) is 88.6 Å². The highest BCUT2D eigenvalue weighted by atomic mass is 16.3. The van der Waals surface area contributed by atoms with Gasteiger partial charge in [-0.1, -0.05) is 133 Å². The second-order valence-corrected chi connectivity index (χ2v) is 14.1. The van der Waals surface area contributed by atoms with E-state index in [1.54, 1.807) is 0 Å². The normalized spacial score (nSPS) is 11.6. The highest BCUT2D eigenvalue weighted by Gasteiger charge is 2.18. The average Bonchev–Trinajstić information content (AvgIpc) is 3.83. The lowest BCUT2D eigenvalue weighted by Crippen LogP contribution is -2.10. The summed E-state index contributed by atoms with van der Waals surface area (Å²) in [6.45, 7) is 0. The van der Waals surface area contributed by atoms with E-state index in [9.17, 15) is 0 Å². The molecule has 0 aliphatic heterocycles. The van der Waals surface area contributed by atoms with Gasteiger partial charge in [0.25, 0.3) is 0 Å². The summed E-state index contributed by atoms with van der Waals surface area (Å²) in [5, 5.41) is 6.81. The molecule has 3 heteroatoms. The SMILES string of the molecule is c1ccc(-c2cccc(N(c3ccc(-c4ccc5oc6ccccc6c5c4)cc3)c3cccc(-c4cccc5oc6c7ccccc7ccc6c45)c3)c2)cc1. The predicted molar refractivity (Wildman–Crippen MR) is 229 cm³/mol. The molecule has 0 radical (unpaired) electrons. The van der Waals surface area contributed by atoms with Gasteiger partial charge >= 0.3 is 0 Å². The number of fused-ring (bicyclic) bond motifs is 8. The number of anilines is 3. The summed E-state index contributed by atoms with van der Waals surface area (Å²) in [5.74, 6) is 0. The molecule has 0 fully saturated rings. The van der Waals surface area contributed by atoms with Gasteiger partial charge in [-0.2, -0.15) is 0 Å².